The van der Waals surface area contributed by atoms with Gasteiger partial charge in [-0.05, 0) is 37.4 Å². The van der Waals surface area contributed by atoms with Gasteiger partial charge in [-0.15, -0.1) is 0 Å². The zero-order chi connectivity index (χ0) is 20.8. The van der Waals surface area contributed by atoms with E-state index in [1.54, 1.807) is 25.3 Å². The van der Waals surface area contributed by atoms with Crippen LogP contribution in [0.25, 0.3) is 10.9 Å². The maximum Gasteiger partial charge on any atom is 0.270 e. The summed E-state index contributed by atoms with van der Waals surface area (Å²) in [5.74, 6) is 0.725. The minimum Gasteiger partial charge on any atom is -0.508 e. The number of hydrogen-bond acceptors (Lipinski definition) is 5. The van der Waals surface area contributed by atoms with Gasteiger partial charge in [0.25, 0.3) is 5.91 Å². The molecule has 7 heteroatoms. The Morgan fingerprint density at radius 2 is 1.97 bits per heavy atom. The number of likely N-dealkylation sites (N-methyl/N-ethyl adjacent to an activating group) is 1. The number of H-pyrrole nitrogens is 1. The third kappa shape index (κ3) is 4.94. The van der Waals surface area contributed by atoms with Gasteiger partial charge in [-0.25, -0.2) is 0 Å². The van der Waals surface area contributed by atoms with E-state index in [0.717, 1.165) is 22.8 Å². The van der Waals surface area contributed by atoms with E-state index < -0.39 is 0 Å². The molecule has 152 valence electrons. The van der Waals surface area contributed by atoms with Crippen molar-refractivity contribution >= 4 is 23.1 Å². The van der Waals surface area contributed by atoms with Gasteiger partial charge in [-0.3, -0.25) is 4.79 Å². The van der Waals surface area contributed by atoms with Gasteiger partial charge >= 0.3 is 0 Å². The van der Waals surface area contributed by atoms with Crippen molar-refractivity contribution < 1.29 is 19.4 Å². The molecule has 0 saturated carbocycles. The summed E-state index contributed by atoms with van der Waals surface area (Å²) >= 11 is 0. The Kier molecular flexibility index (Phi) is 6.51. The average Bonchev–Trinajstić information content (AvgIpc) is 3.15. The number of nitrogens with zero attached hydrogens (tertiary/aromatic N) is 2. The SMILES string of the molecule is COc1ccc2[nH]c(C(=O)N(CC=O)CCN(C)Cc3ccccc3O)cc2c1. The van der Waals surface area contributed by atoms with Gasteiger partial charge in [0.15, 0.2) is 0 Å². The molecule has 0 radical (unpaired) electrons. The zero-order valence-electron chi connectivity index (χ0n) is 16.6. The Morgan fingerprint density at radius 3 is 2.69 bits per heavy atom. The van der Waals surface area contributed by atoms with E-state index in [9.17, 15) is 14.7 Å². The van der Waals surface area contributed by atoms with Crippen LogP contribution in [0.4, 0.5) is 0 Å². The van der Waals surface area contributed by atoms with Crippen LogP contribution >= 0.6 is 0 Å². The summed E-state index contributed by atoms with van der Waals surface area (Å²) in [7, 11) is 3.50. The Bertz CT molecular complexity index is 999. The van der Waals surface area contributed by atoms with Crippen molar-refractivity contribution in [3.05, 3.63) is 59.8 Å². The summed E-state index contributed by atoms with van der Waals surface area (Å²) in [6.45, 7) is 1.51. The molecule has 0 spiro atoms. The number of carbonyl (C=O) groups excluding carboxylic acids is 2. The summed E-state index contributed by atoms with van der Waals surface area (Å²) in [5.41, 5.74) is 2.07. The van der Waals surface area contributed by atoms with E-state index in [1.807, 2.05) is 42.3 Å². The monoisotopic (exact) mass is 395 g/mol. The first-order chi connectivity index (χ1) is 14.0. The lowest BCUT2D eigenvalue weighted by Crippen LogP contribution is -2.38. The normalized spacial score (nSPS) is 11.0. The number of amides is 1. The molecule has 0 aliphatic carbocycles. The van der Waals surface area contributed by atoms with Crippen molar-refractivity contribution in [2.24, 2.45) is 0 Å². The first-order valence-electron chi connectivity index (χ1n) is 9.37. The quantitative estimate of drug-likeness (QED) is 0.544. The Morgan fingerprint density at radius 1 is 1.17 bits per heavy atom. The lowest BCUT2D eigenvalue weighted by atomic mass is 10.2. The van der Waals surface area contributed by atoms with Gasteiger partial charge in [0, 0.05) is 36.1 Å². The summed E-state index contributed by atoms with van der Waals surface area (Å²) < 4.78 is 5.22. The van der Waals surface area contributed by atoms with E-state index in [2.05, 4.69) is 4.98 Å². The smallest absolute Gasteiger partial charge is 0.270 e. The molecule has 7 nitrogen and oxygen atoms in total. The molecule has 0 aliphatic rings. The maximum atomic E-state index is 12.9. The van der Waals surface area contributed by atoms with Gasteiger partial charge in [-0.1, -0.05) is 18.2 Å². The Hall–Kier alpha value is -3.32. The second kappa shape index (κ2) is 9.25. The number of nitrogens with one attached hydrogen (secondary N) is 1. The third-order valence-electron chi connectivity index (χ3n) is 4.82. The van der Waals surface area contributed by atoms with E-state index in [1.165, 1.54) is 4.90 Å². The van der Waals surface area contributed by atoms with Crippen LogP contribution in [-0.2, 0) is 11.3 Å². The fourth-order valence-corrected chi connectivity index (χ4v) is 3.19. The number of para-hydroxylation sites is 1. The highest BCUT2D eigenvalue weighted by Crippen LogP contribution is 2.22. The maximum absolute atomic E-state index is 12.9. The number of carbonyl (C=O) groups is 2. The number of aromatic amines is 1. The van der Waals surface area contributed by atoms with Crippen molar-refractivity contribution in [2.75, 3.05) is 33.8 Å². The minimum atomic E-state index is -0.233. The topological polar surface area (TPSA) is 85.9 Å². The molecule has 0 saturated heterocycles. The summed E-state index contributed by atoms with van der Waals surface area (Å²) in [6, 6.07) is 14.5. The number of benzene rings is 2. The minimum absolute atomic E-state index is 0.0158. The van der Waals surface area contributed by atoms with Crippen LogP contribution in [0.3, 0.4) is 0 Å². The molecule has 3 rings (SSSR count). The summed E-state index contributed by atoms with van der Waals surface area (Å²) in [5, 5.41) is 10.8. The van der Waals surface area contributed by atoms with Gasteiger partial charge < -0.3 is 29.4 Å². The molecule has 0 unspecified atom stereocenters. The van der Waals surface area contributed by atoms with Crippen molar-refractivity contribution in [1.29, 1.82) is 0 Å². The number of rotatable bonds is 9. The number of fused-ring (bicyclic) bond motifs is 1. The number of ether oxygens (including phenoxy) is 1. The van der Waals surface area contributed by atoms with Crippen LogP contribution in [-0.4, -0.2) is 65.9 Å². The van der Waals surface area contributed by atoms with E-state index in [4.69, 9.17) is 4.74 Å². The van der Waals surface area contributed by atoms with Crippen molar-refractivity contribution in [2.45, 2.75) is 6.54 Å². The van der Waals surface area contributed by atoms with Crippen LogP contribution in [0.5, 0.6) is 11.5 Å². The van der Waals surface area contributed by atoms with E-state index in [-0.39, 0.29) is 18.2 Å². The molecule has 1 heterocycles. The molecule has 0 aliphatic heterocycles. The molecule has 0 atom stereocenters. The molecule has 2 aromatic carbocycles. The van der Waals surface area contributed by atoms with Crippen LogP contribution in [0.2, 0.25) is 0 Å². The number of methoxy groups -OCH3 is 1. The Labute approximate surface area is 169 Å². The highest BCUT2D eigenvalue weighted by Gasteiger charge is 2.18. The predicted octanol–water partition coefficient (Wildman–Crippen LogP) is 2.66. The lowest BCUT2D eigenvalue weighted by molar-refractivity contribution is -0.108. The van der Waals surface area contributed by atoms with Crippen molar-refractivity contribution in [1.82, 2.24) is 14.8 Å². The standard InChI is InChI=1S/C22H25N3O4/c1-24(15-16-5-3-4-6-21(16)27)9-10-25(11-12-26)22(28)20-14-17-13-18(29-2)7-8-19(17)23-20/h3-8,12-14,23,27H,9-11,15H2,1-2H3. The van der Waals surface area contributed by atoms with Crippen LogP contribution in [0.1, 0.15) is 16.1 Å². The molecule has 1 amide bonds. The third-order valence-corrected chi connectivity index (χ3v) is 4.82. The fraction of sp³-hybridized carbons (Fsp3) is 0.273. The van der Waals surface area contributed by atoms with Gasteiger partial charge in [-0.2, -0.15) is 0 Å². The molecular weight excluding hydrogens is 370 g/mol. The van der Waals surface area contributed by atoms with Crippen LogP contribution < -0.4 is 4.74 Å². The first kappa shape index (κ1) is 20.4. The first-order valence-corrected chi connectivity index (χ1v) is 9.37. The Balaban J connectivity index is 1.67. The van der Waals surface area contributed by atoms with Crippen LogP contribution in [0, 0.1) is 0 Å². The summed E-state index contributed by atoms with van der Waals surface area (Å²) in [6.07, 6.45) is 0.729. The molecule has 0 fully saturated rings. The number of aldehydes is 1. The van der Waals surface area contributed by atoms with Gasteiger partial charge in [0.2, 0.25) is 0 Å². The summed E-state index contributed by atoms with van der Waals surface area (Å²) in [4.78, 5) is 30.7. The molecular formula is C22H25N3O4. The van der Waals surface area contributed by atoms with Crippen molar-refractivity contribution in [3.8, 4) is 11.5 Å². The number of aromatic hydroxyl groups is 1. The molecule has 0 bridgehead atoms. The number of hydrogen-bond donors (Lipinski definition) is 2. The zero-order valence-corrected chi connectivity index (χ0v) is 16.6. The van der Waals surface area contributed by atoms with Crippen molar-refractivity contribution in [3.63, 3.8) is 0 Å². The highest BCUT2D eigenvalue weighted by molar-refractivity contribution is 5.98. The second-order valence-electron chi connectivity index (χ2n) is 6.92. The largest absolute Gasteiger partial charge is 0.508 e. The average molecular weight is 395 g/mol. The fourth-order valence-electron chi connectivity index (χ4n) is 3.19. The number of phenols is 1. The van der Waals surface area contributed by atoms with Gasteiger partial charge in [0.1, 0.15) is 23.5 Å². The predicted molar refractivity (Wildman–Crippen MR) is 111 cm³/mol. The highest BCUT2D eigenvalue weighted by atomic mass is 16.5. The van der Waals surface area contributed by atoms with Gasteiger partial charge in [0.05, 0.1) is 13.7 Å². The number of phenolic OH excluding ortho intramolecular Hbond substituents is 1. The lowest BCUT2D eigenvalue weighted by Gasteiger charge is -2.24. The second-order valence-corrected chi connectivity index (χ2v) is 6.92. The number of aromatic nitrogens is 1. The molecule has 2 N–H and O–H groups in total. The molecule has 3 aromatic rings. The van der Waals surface area contributed by atoms with E-state index >= 15 is 0 Å². The van der Waals surface area contributed by atoms with Crippen LogP contribution in [0.15, 0.2) is 48.5 Å². The molecule has 29 heavy (non-hydrogen) atoms. The molecule has 1 aromatic heterocycles. The van der Waals surface area contributed by atoms with E-state index in [0.29, 0.717) is 31.1 Å².